The minimum absolute atomic E-state index is 0.0488. The van der Waals surface area contributed by atoms with Crippen molar-refractivity contribution in [1.82, 2.24) is 14.6 Å². The molecule has 1 atom stereocenters. The topological polar surface area (TPSA) is 79.8 Å². The summed E-state index contributed by atoms with van der Waals surface area (Å²) in [5, 5.41) is 4.76. The highest BCUT2D eigenvalue weighted by Gasteiger charge is 2.28. The molecule has 0 radical (unpaired) electrons. The van der Waals surface area contributed by atoms with Gasteiger partial charge in [0.2, 0.25) is 5.91 Å². The smallest absolute Gasteiger partial charge is 0.228 e. The molecule has 1 saturated heterocycles. The van der Waals surface area contributed by atoms with E-state index in [1.54, 1.807) is 21.7 Å². The number of anilines is 2. The van der Waals surface area contributed by atoms with Crippen LogP contribution >= 0.6 is 0 Å². The Morgan fingerprint density at radius 2 is 1.97 bits per heavy atom. The molecule has 2 aromatic heterocycles. The van der Waals surface area contributed by atoms with E-state index in [0.717, 1.165) is 34.0 Å². The fraction of sp³-hybridized carbons (Fsp3) is 0.208. The number of halogens is 1. The van der Waals surface area contributed by atoms with Crippen LogP contribution in [0.1, 0.15) is 12.0 Å². The second-order valence-electron chi connectivity index (χ2n) is 8.11. The highest BCUT2D eigenvalue weighted by molar-refractivity contribution is 5.96. The van der Waals surface area contributed by atoms with Crippen molar-refractivity contribution >= 4 is 23.1 Å². The van der Waals surface area contributed by atoms with Gasteiger partial charge in [-0.15, -0.1) is 5.10 Å². The van der Waals surface area contributed by atoms with Crippen LogP contribution in [0, 0.1) is 5.82 Å². The van der Waals surface area contributed by atoms with Gasteiger partial charge in [-0.05, 0) is 42.0 Å². The van der Waals surface area contributed by atoms with Crippen molar-refractivity contribution in [2.24, 2.45) is 5.73 Å². The van der Waals surface area contributed by atoms with Gasteiger partial charge in [0.25, 0.3) is 0 Å². The van der Waals surface area contributed by atoms with Gasteiger partial charge in [0.1, 0.15) is 11.6 Å². The van der Waals surface area contributed by atoms with Crippen LogP contribution in [0.3, 0.4) is 0 Å². The molecule has 1 aliphatic heterocycles. The molecule has 0 saturated carbocycles. The van der Waals surface area contributed by atoms with Gasteiger partial charge in [-0.3, -0.25) is 4.79 Å². The number of carbonyl (C=O) groups excluding carboxylic acids is 1. The third-order valence-electron chi connectivity index (χ3n) is 5.68. The van der Waals surface area contributed by atoms with Crippen molar-refractivity contribution in [1.29, 1.82) is 0 Å². The number of nitrogens with zero attached hydrogens (tertiary/aromatic N) is 5. The van der Waals surface area contributed by atoms with Crippen LogP contribution in [0.5, 0.6) is 0 Å². The summed E-state index contributed by atoms with van der Waals surface area (Å²) in [5.41, 5.74) is 10.1. The second-order valence-corrected chi connectivity index (χ2v) is 8.11. The average Bonchev–Trinajstić information content (AvgIpc) is 3.35. The molecule has 162 valence electrons. The van der Waals surface area contributed by atoms with Crippen molar-refractivity contribution in [3.63, 3.8) is 0 Å². The minimum Gasteiger partial charge on any atom is -0.354 e. The zero-order valence-electron chi connectivity index (χ0n) is 17.6. The number of nitrogens with two attached hydrogens (primary N) is 1. The number of benzene rings is 2. The zero-order valence-corrected chi connectivity index (χ0v) is 17.6. The minimum atomic E-state index is -0.253. The van der Waals surface area contributed by atoms with Gasteiger partial charge in [-0.25, -0.2) is 13.9 Å². The zero-order chi connectivity index (χ0) is 22.2. The van der Waals surface area contributed by atoms with Gasteiger partial charge in [0.05, 0.1) is 11.9 Å². The third-order valence-corrected chi connectivity index (χ3v) is 5.68. The number of hydrogen-bond acceptors (Lipinski definition) is 5. The van der Waals surface area contributed by atoms with Crippen LogP contribution in [0.4, 0.5) is 15.9 Å². The number of carbonyl (C=O) groups is 1. The Balaban J connectivity index is 1.42. The van der Waals surface area contributed by atoms with Crippen LogP contribution in [0.25, 0.3) is 16.9 Å². The lowest BCUT2D eigenvalue weighted by Gasteiger charge is -2.18. The average molecular weight is 430 g/mol. The van der Waals surface area contributed by atoms with E-state index in [-0.39, 0.29) is 17.8 Å². The molecule has 8 heteroatoms. The van der Waals surface area contributed by atoms with E-state index in [1.807, 2.05) is 54.4 Å². The Morgan fingerprint density at radius 3 is 2.69 bits per heavy atom. The first-order chi connectivity index (χ1) is 15.5. The largest absolute Gasteiger partial charge is 0.354 e. The summed E-state index contributed by atoms with van der Waals surface area (Å²) in [5.74, 6) is 0.541. The normalized spacial score (nSPS) is 16.2. The van der Waals surface area contributed by atoms with E-state index in [0.29, 0.717) is 19.5 Å². The molecular formula is C24H23FN6O. The number of fused-ring (bicyclic) bond motifs is 1. The molecule has 1 amide bonds. The highest BCUT2D eigenvalue weighted by atomic mass is 19.1. The van der Waals surface area contributed by atoms with Gasteiger partial charge < -0.3 is 15.5 Å². The van der Waals surface area contributed by atoms with E-state index < -0.39 is 0 Å². The van der Waals surface area contributed by atoms with Gasteiger partial charge >= 0.3 is 0 Å². The lowest BCUT2D eigenvalue weighted by Crippen LogP contribution is -2.27. The van der Waals surface area contributed by atoms with Crippen LogP contribution in [0.15, 0.2) is 66.9 Å². The van der Waals surface area contributed by atoms with E-state index in [4.69, 9.17) is 10.8 Å². The molecule has 1 fully saturated rings. The van der Waals surface area contributed by atoms with Crippen LogP contribution in [-0.2, 0) is 11.3 Å². The Kier molecular flexibility index (Phi) is 5.07. The summed E-state index contributed by atoms with van der Waals surface area (Å²) < 4.78 is 15.3. The molecule has 5 rings (SSSR count). The highest BCUT2D eigenvalue weighted by Crippen LogP contribution is 2.27. The van der Waals surface area contributed by atoms with Crippen LogP contribution < -0.4 is 15.5 Å². The van der Waals surface area contributed by atoms with E-state index in [2.05, 4.69) is 4.98 Å². The van der Waals surface area contributed by atoms with Gasteiger partial charge in [-0.2, -0.15) is 0 Å². The number of amides is 1. The maximum absolute atomic E-state index is 13.5. The number of aromatic nitrogens is 3. The van der Waals surface area contributed by atoms with Gasteiger partial charge in [0, 0.05) is 43.9 Å². The molecule has 1 aliphatic rings. The molecule has 0 spiro atoms. The fourth-order valence-corrected chi connectivity index (χ4v) is 4.05. The number of hydrogen-bond donors (Lipinski definition) is 1. The summed E-state index contributed by atoms with van der Waals surface area (Å²) in [7, 11) is 1.92. The molecule has 7 nitrogen and oxygen atoms in total. The standard InChI is InChI=1S/C24H23FN6O/c1-29(14-16-3-2-4-18(25)11-16)23-10-9-22-27-13-21(31(22)28-23)17-5-7-20(8-6-17)30-15-19(26)12-24(30)32/h2-11,13,19H,12,14-15,26H2,1H3/t19-/m0/s1. The first-order valence-corrected chi connectivity index (χ1v) is 10.4. The summed E-state index contributed by atoms with van der Waals surface area (Å²) in [4.78, 5) is 20.3. The van der Waals surface area contributed by atoms with E-state index in [9.17, 15) is 9.18 Å². The summed E-state index contributed by atoms with van der Waals surface area (Å²) >= 11 is 0. The molecule has 4 aromatic rings. The van der Waals surface area contributed by atoms with Crippen LogP contribution in [0.2, 0.25) is 0 Å². The van der Waals surface area contributed by atoms with Crippen molar-refractivity contribution in [2.45, 2.75) is 19.0 Å². The molecule has 2 aromatic carbocycles. The summed E-state index contributed by atoms with van der Waals surface area (Å²) in [6.07, 6.45) is 2.16. The fourth-order valence-electron chi connectivity index (χ4n) is 4.05. The maximum Gasteiger partial charge on any atom is 0.228 e. The Hall–Kier alpha value is -3.78. The SMILES string of the molecule is CN(Cc1cccc(F)c1)c1ccc2ncc(-c3ccc(N4C[C@@H](N)CC4=O)cc3)n2n1. The lowest BCUT2D eigenvalue weighted by atomic mass is 10.1. The molecular weight excluding hydrogens is 407 g/mol. The molecule has 0 unspecified atom stereocenters. The molecule has 2 N–H and O–H groups in total. The molecule has 3 heterocycles. The quantitative estimate of drug-likeness (QED) is 0.526. The molecule has 32 heavy (non-hydrogen) atoms. The van der Waals surface area contributed by atoms with Gasteiger partial charge in [0.15, 0.2) is 5.65 Å². The predicted octanol–water partition coefficient (Wildman–Crippen LogP) is 3.24. The Bertz CT molecular complexity index is 1290. The maximum atomic E-state index is 13.5. The van der Waals surface area contributed by atoms with Gasteiger partial charge in [-0.1, -0.05) is 24.3 Å². The van der Waals surface area contributed by atoms with Crippen molar-refractivity contribution in [3.05, 3.63) is 78.2 Å². The summed E-state index contributed by atoms with van der Waals surface area (Å²) in [6, 6.07) is 18.0. The Morgan fingerprint density at radius 1 is 1.16 bits per heavy atom. The van der Waals surface area contributed by atoms with Crippen molar-refractivity contribution in [3.8, 4) is 11.3 Å². The first kappa shape index (κ1) is 20.1. The Labute approximate surface area is 184 Å². The summed E-state index contributed by atoms with van der Waals surface area (Å²) in [6.45, 7) is 1.07. The first-order valence-electron chi connectivity index (χ1n) is 10.4. The van der Waals surface area contributed by atoms with E-state index in [1.165, 1.54) is 12.1 Å². The molecule has 0 bridgehead atoms. The van der Waals surface area contributed by atoms with Crippen molar-refractivity contribution < 1.29 is 9.18 Å². The predicted molar refractivity (Wildman–Crippen MR) is 122 cm³/mol. The number of imidazole rings is 1. The van der Waals surface area contributed by atoms with E-state index >= 15 is 0 Å². The molecule has 0 aliphatic carbocycles. The third kappa shape index (κ3) is 3.80. The number of rotatable bonds is 5. The second kappa shape index (κ2) is 8.05. The lowest BCUT2D eigenvalue weighted by molar-refractivity contribution is -0.117. The monoisotopic (exact) mass is 430 g/mol. The van der Waals surface area contributed by atoms with Crippen LogP contribution in [-0.4, -0.2) is 40.1 Å². The van der Waals surface area contributed by atoms with Crippen molar-refractivity contribution in [2.75, 3.05) is 23.4 Å².